The number of nitrogens with one attached hydrogen (secondary N) is 1. The van der Waals surface area contributed by atoms with Gasteiger partial charge in [-0.15, -0.1) is 0 Å². The Bertz CT molecular complexity index is 475. The van der Waals surface area contributed by atoms with Crippen LogP contribution in [0.3, 0.4) is 0 Å². The average Bonchev–Trinajstić information content (AvgIpc) is 3.17. The second-order valence-corrected chi connectivity index (χ2v) is 5.76. The molecule has 5 heteroatoms. The lowest BCUT2D eigenvalue weighted by molar-refractivity contribution is -0.122. The summed E-state index contributed by atoms with van der Waals surface area (Å²) in [5.74, 6) is 1.52. The van der Waals surface area contributed by atoms with Crippen molar-refractivity contribution in [2.24, 2.45) is 5.41 Å². The zero-order valence-corrected chi connectivity index (χ0v) is 12.6. The van der Waals surface area contributed by atoms with E-state index >= 15 is 0 Å². The molecule has 0 heterocycles. The van der Waals surface area contributed by atoms with Crippen molar-refractivity contribution >= 4 is 30.1 Å². The number of thiol groups is 1. The van der Waals surface area contributed by atoms with Gasteiger partial charge in [0.2, 0.25) is 5.91 Å². The van der Waals surface area contributed by atoms with Gasteiger partial charge in [0.1, 0.15) is 5.75 Å². The quantitative estimate of drug-likeness (QED) is 0.792. The lowest BCUT2D eigenvalue weighted by Gasteiger charge is -2.14. The summed E-state index contributed by atoms with van der Waals surface area (Å²) < 4.78 is 5.24. The van der Waals surface area contributed by atoms with Gasteiger partial charge in [0.05, 0.1) is 7.11 Å². The van der Waals surface area contributed by atoms with E-state index in [4.69, 9.17) is 16.3 Å². The molecule has 0 spiro atoms. The van der Waals surface area contributed by atoms with E-state index in [1.807, 2.05) is 12.1 Å². The van der Waals surface area contributed by atoms with Crippen LogP contribution in [0.2, 0.25) is 5.02 Å². The Balaban J connectivity index is 1.93. The first-order valence-corrected chi connectivity index (χ1v) is 7.30. The van der Waals surface area contributed by atoms with Crippen LogP contribution in [0.1, 0.15) is 24.8 Å². The summed E-state index contributed by atoms with van der Waals surface area (Å²) in [6.45, 7) is 0.393. The Morgan fingerprint density at radius 1 is 1.53 bits per heavy atom. The largest absolute Gasteiger partial charge is 0.496 e. The third-order valence-electron chi connectivity index (χ3n) is 3.59. The molecule has 1 aromatic carbocycles. The molecule has 19 heavy (non-hydrogen) atoms. The topological polar surface area (TPSA) is 38.3 Å². The fourth-order valence-corrected chi connectivity index (χ4v) is 2.72. The highest BCUT2D eigenvalue weighted by atomic mass is 35.5. The Labute approximate surface area is 124 Å². The SMILES string of the molecule is COc1cccc(Cl)c1CNC(=O)CC1(CS)CC1. The second-order valence-electron chi connectivity index (χ2n) is 5.03. The molecule has 1 amide bonds. The fraction of sp³-hybridized carbons (Fsp3) is 0.500. The van der Waals surface area contributed by atoms with Crippen LogP contribution in [0.15, 0.2) is 18.2 Å². The van der Waals surface area contributed by atoms with Crippen molar-refractivity contribution in [2.45, 2.75) is 25.8 Å². The van der Waals surface area contributed by atoms with Crippen LogP contribution in [0.5, 0.6) is 5.75 Å². The molecule has 0 radical (unpaired) electrons. The molecule has 1 fully saturated rings. The number of hydrogen-bond donors (Lipinski definition) is 2. The maximum Gasteiger partial charge on any atom is 0.220 e. The van der Waals surface area contributed by atoms with E-state index < -0.39 is 0 Å². The lowest BCUT2D eigenvalue weighted by atomic mass is 10.1. The van der Waals surface area contributed by atoms with Gasteiger partial charge in [-0.1, -0.05) is 17.7 Å². The molecule has 0 bridgehead atoms. The number of halogens is 1. The first-order valence-electron chi connectivity index (χ1n) is 6.29. The summed E-state index contributed by atoms with van der Waals surface area (Å²) >= 11 is 10.4. The van der Waals surface area contributed by atoms with Crippen LogP contribution in [0.25, 0.3) is 0 Å². The summed E-state index contributed by atoms with van der Waals surface area (Å²) in [5, 5.41) is 3.51. The van der Waals surface area contributed by atoms with E-state index in [2.05, 4.69) is 17.9 Å². The number of amides is 1. The summed E-state index contributed by atoms with van der Waals surface area (Å²) in [6, 6.07) is 5.46. The zero-order chi connectivity index (χ0) is 13.9. The molecule has 0 aliphatic heterocycles. The van der Waals surface area contributed by atoms with E-state index in [1.165, 1.54) is 0 Å². The van der Waals surface area contributed by atoms with Gasteiger partial charge in [0.25, 0.3) is 0 Å². The number of carbonyl (C=O) groups is 1. The molecule has 0 aromatic heterocycles. The van der Waals surface area contributed by atoms with Crippen molar-refractivity contribution in [3.8, 4) is 5.75 Å². The van der Waals surface area contributed by atoms with Gasteiger partial charge < -0.3 is 10.1 Å². The van der Waals surface area contributed by atoms with Gasteiger partial charge in [-0.3, -0.25) is 4.79 Å². The molecule has 104 valence electrons. The second kappa shape index (κ2) is 6.06. The maximum absolute atomic E-state index is 11.9. The van der Waals surface area contributed by atoms with E-state index in [0.29, 0.717) is 23.7 Å². The first-order chi connectivity index (χ1) is 9.10. The lowest BCUT2D eigenvalue weighted by Crippen LogP contribution is -2.26. The molecular formula is C14H18ClNO2S. The molecule has 1 aliphatic carbocycles. The van der Waals surface area contributed by atoms with Gasteiger partial charge in [-0.2, -0.15) is 12.6 Å². The third-order valence-corrected chi connectivity index (χ3v) is 4.61. The third kappa shape index (κ3) is 3.57. The van der Waals surface area contributed by atoms with Crippen LogP contribution in [0.4, 0.5) is 0 Å². The molecule has 1 aliphatic rings. The monoisotopic (exact) mass is 299 g/mol. The van der Waals surface area contributed by atoms with Crippen LogP contribution in [0, 0.1) is 5.41 Å². The minimum Gasteiger partial charge on any atom is -0.496 e. The summed E-state index contributed by atoms with van der Waals surface area (Å²) in [7, 11) is 1.59. The molecule has 1 saturated carbocycles. The maximum atomic E-state index is 11.9. The Morgan fingerprint density at radius 2 is 2.26 bits per heavy atom. The van der Waals surface area contributed by atoms with Crippen molar-refractivity contribution in [3.05, 3.63) is 28.8 Å². The number of carbonyl (C=O) groups excluding carboxylic acids is 1. The van der Waals surface area contributed by atoms with Gasteiger partial charge in [0.15, 0.2) is 0 Å². The number of benzene rings is 1. The van der Waals surface area contributed by atoms with Crippen molar-refractivity contribution in [1.82, 2.24) is 5.32 Å². The number of hydrogen-bond acceptors (Lipinski definition) is 3. The van der Waals surface area contributed by atoms with Gasteiger partial charge >= 0.3 is 0 Å². The van der Waals surface area contributed by atoms with Crippen molar-refractivity contribution in [3.63, 3.8) is 0 Å². The summed E-state index contributed by atoms with van der Waals surface area (Å²) in [6.07, 6.45) is 2.74. The minimum atomic E-state index is 0.0496. The standard InChI is InChI=1S/C14H18ClNO2S/c1-18-12-4-2-3-11(15)10(12)8-16-13(17)7-14(9-19)5-6-14/h2-4,19H,5-9H2,1H3,(H,16,17). The molecule has 0 saturated heterocycles. The minimum absolute atomic E-state index is 0.0496. The molecule has 1 N–H and O–H groups in total. The number of methoxy groups -OCH3 is 1. The smallest absolute Gasteiger partial charge is 0.220 e. The average molecular weight is 300 g/mol. The van der Waals surface area contributed by atoms with Crippen molar-refractivity contribution in [2.75, 3.05) is 12.9 Å². The van der Waals surface area contributed by atoms with Crippen LogP contribution in [-0.2, 0) is 11.3 Å². The molecule has 0 unspecified atom stereocenters. The van der Waals surface area contributed by atoms with E-state index in [-0.39, 0.29) is 11.3 Å². The predicted octanol–water partition coefficient (Wildman–Crippen LogP) is 3.06. The number of rotatable bonds is 6. The molecule has 2 rings (SSSR count). The van der Waals surface area contributed by atoms with E-state index in [0.717, 1.165) is 24.2 Å². The molecule has 1 aromatic rings. The van der Waals surface area contributed by atoms with Gasteiger partial charge in [0, 0.05) is 23.6 Å². The predicted molar refractivity (Wildman–Crippen MR) is 80.0 cm³/mol. The highest BCUT2D eigenvalue weighted by Gasteiger charge is 2.42. The van der Waals surface area contributed by atoms with Crippen LogP contribution >= 0.6 is 24.2 Å². The Kier molecular flexibility index (Phi) is 4.63. The normalized spacial score (nSPS) is 15.9. The Hall–Kier alpha value is -0.870. The van der Waals surface area contributed by atoms with Crippen molar-refractivity contribution in [1.29, 1.82) is 0 Å². The van der Waals surface area contributed by atoms with Gasteiger partial charge in [-0.25, -0.2) is 0 Å². The first kappa shape index (κ1) is 14.5. The van der Waals surface area contributed by atoms with Crippen molar-refractivity contribution < 1.29 is 9.53 Å². The highest BCUT2D eigenvalue weighted by Crippen LogP contribution is 2.49. The van der Waals surface area contributed by atoms with Crippen LogP contribution in [-0.4, -0.2) is 18.8 Å². The summed E-state index contributed by atoms with van der Waals surface area (Å²) in [5.41, 5.74) is 0.952. The van der Waals surface area contributed by atoms with Gasteiger partial charge in [-0.05, 0) is 36.1 Å². The Morgan fingerprint density at radius 3 is 2.84 bits per heavy atom. The number of ether oxygens (including phenoxy) is 1. The summed E-state index contributed by atoms with van der Waals surface area (Å²) in [4.78, 5) is 11.9. The highest BCUT2D eigenvalue weighted by molar-refractivity contribution is 7.80. The van der Waals surface area contributed by atoms with Crippen LogP contribution < -0.4 is 10.1 Å². The fourth-order valence-electron chi connectivity index (χ4n) is 2.06. The molecule has 3 nitrogen and oxygen atoms in total. The molecule has 0 atom stereocenters. The van der Waals surface area contributed by atoms with E-state index in [9.17, 15) is 4.79 Å². The van der Waals surface area contributed by atoms with E-state index in [1.54, 1.807) is 13.2 Å². The zero-order valence-electron chi connectivity index (χ0n) is 10.9. The molecular weight excluding hydrogens is 282 g/mol.